The minimum Gasteiger partial charge on any atom is -0.275 e. The number of benzene rings is 2. The molecule has 1 heterocycles. The summed E-state index contributed by atoms with van der Waals surface area (Å²) in [6.07, 6.45) is 11.4. The Bertz CT molecular complexity index is 967. The van der Waals surface area contributed by atoms with Crippen LogP contribution in [0.2, 0.25) is 0 Å². The molecule has 0 bridgehead atoms. The van der Waals surface area contributed by atoms with Gasteiger partial charge in [-0.2, -0.15) is 0 Å². The molecule has 0 saturated heterocycles. The molecular formula is C23H19NO2. The lowest BCUT2D eigenvalue weighted by atomic mass is 9.94. The first-order valence-corrected chi connectivity index (χ1v) is 8.47. The van der Waals surface area contributed by atoms with Crippen molar-refractivity contribution in [2.75, 3.05) is 6.54 Å². The molecule has 0 aromatic heterocycles. The molecule has 1 aliphatic heterocycles. The largest absolute Gasteiger partial charge is 0.275 e. The van der Waals surface area contributed by atoms with E-state index >= 15 is 0 Å². The fourth-order valence-electron chi connectivity index (χ4n) is 2.97. The molecule has 2 aromatic carbocycles. The molecule has 4 rings (SSSR count). The average molecular weight is 341 g/mol. The van der Waals surface area contributed by atoms with Gasteiger partial charge in [0.25, 0.3) is 11.8 Å². The predicted octanol–water partition coefficient (Wildman–Crippen LogP) is 4.84. The summed E-state index contributed by atoms with van der Waals surface area (Å²) in [5.74, 6) is -0.386. The molecule has 3 nitrogen and oxygen atoms in total. The third kappa shape index (κ3) is 3.21. The van der Waals surface area contributed by atoms with Crippen molar-refractivity contribution in [1.82, 2.24) is 4.90 Å². The highest BCUT2D eigenvalue weighted by atomic mass is 16.2. The Hall–Kier alpha value is -3.42. The van der Waals surface area contributed by atoms with Crippen LogP contribution in [0.15, 0.2) is 90.7 Å². The number of carbonyl (C=O) groups excluding carboxylic acids is 2. The zero-order valence-corrected chi connectivity index (χ0v) is 14.6. The maximum atomic E-state index is 12.1. The summed E-state index contributed by atoms with van der Waals surface area (Å²) >= 11 is 0. The molecule has 0 fully saturated rings. The molecule has 0 atom stereocenters. The van der Waals surface area contributed by atoms with Gasteiger partial charge >= 0.3 is 0 Å². The van der Waals surface area contributed by atoms with E-state index in [1.807, 2.05) is 67.6 Å². The van der Waals surface area contributed by atoms with E-state index in [2.05, 4.69) is 12.3 Å². The van der Waals surface area contributed by atoms with E-state index in [4.69, 9.17) is 0 Å². The Morgan fingerprint density at radius 2 is 1.69 bits per heavy atom. The van der Waals surface area contributed by atoms with E-state index in [0.29, 0.717) is 17.7 Å². The van der Waals surface area contributed by atoms with Crippen LogP contribution in [0.3, 0.4) is 0 Å². The van der Waals surface area contributed by atoms with Crippen molar-refractivity contribution in [3.63, 3.8) is 0 Å². The first kappa shape index (κ1) is 17.4. The third-order valence-corrected chi connectivity index (χ3v) is 4.26. The van der Waals surface area contributed by atoms with Crippen LogP contribution in [-0.2, 0) is 0 Å². The average Bonchev–Trinajstić information content (AvgIpc) is 2.96. The molecule has 2 aliphatic rings. The molecule has 3 heteroatoms. The minimum absolute atomic E-state index is 0.193. The van der Waals surface area contributed by atoms with Crippen molar-refractivity contribution < 1.29 is 9.59 Å². The summed E-state index contributed by atoms with van der Waals surface area (Å²) in [4.78, 5) is 25.6. The highest BCUT2D eigenvalue weighted by Crippen LogP contribution is 2.29. The van der Waals surface area contributed by atoms with Crippen LogP contribution < -0.4 is 0 Å². The predicted molar refractivity (Wildman–Crippen MR) is 105 cm³/mol. The number of nitrogens with zero attached hydrogens (tertiary/aromatic N) is 1. The summed E-state index contributed by atoms with van der Waals surface area (Å²) in [6.45, 7) is 5.86. The van der Waals surface area contributed by atoms with Crippen molar-refractivity contribution >= 4 is 22.6 Å². The molecule has 128 valence electrons. The van der Waals surface area contributed by atoms with Gasteiger partial charge in [-0.25, -0.2) is 0 Å². The SMILES string of the molecule is C=CC1=CC=C=CC=C1.CCN1C(=O)c2cccc3cccc(c23)C1=O. The molecule has 1 aliphatic carbocycles. The zero-order chi connectivity index (χ0) is 18.5. The number of amides is 2. The summed E-state index contributed by atoms with van der Waals surface area (Å²) in [7, 11) is 0. The number of hydrogen-bond acceptors (Lipinski definition) is 2. The van der Waals surface area contributed by atoms with E-state index < -0.39 is 0 Å². The first-order valence-electron chi connectivity index (χ1n) is 8.47. The first-order chi connectivity index (χ1) is 12.7. The minimum atomic E-state index is -0.193. The summed E-state index contributed by atoms with van der Waals surface area (Å²) in [5, 5.41) is 1.73. The van der Waals surface area contributed by atoms with Gasteiger partial charge in [0.2, 0.25) is 0 Å². The Labute approximate surface area is 152 Å². The van der Waals surface area contributed by atoms with Gasteiger partial charge in [-0.05, 0) is 48.2 Å². The Kier molecular flexibility index (Phi) is 5.12. The van der Waals surface area contributed by atoms with Gasteiger partial charge in [0.1, 0.15) is 0 Å². The molecule has 0 N–H and O–H groups in total. The molecule has 0 radical (unpaired) electrons. The lowest BCUT2D eigenvalue weighted by Gasteiger charge is -2.25. The van der Waals surface area contributed by atoms with Gasteiger partial charge in [-0.1, -0.05) is 49.1 Å². The summed E-state index contributed by atoms with van der Waals surface area (Å²) in [5.41, 5.74) is 5.32. The molecule has 0 saturated carbocycles. The van der Waals surface area contributed by atoms with Gasteiger partial charge in [0.05, 0.1) is 0 Å². The molecule has 26 heavy (non-hydrogen) atoms. The second-order valence-corrected chi connectivity index (χ2v) is 5.79. The fraction of sp³-hybridized carbons (Fsp3) is 0.0870. The van der Waals surface area contributed by atoms with Crippen molar-refractivity contribution in [3.05, 3.63) is 102 Å². The number of imide groups is 1. The lowest BCUT2D eigenvalue weighted by Crippen LogP contribution is -2.39. The van der Waals surface area contributed by atoms with E-state index in [-0.39, 0.29) is 11.8 Å². The number of hydrogen-bond donors (Lipinski definition) is 0. The van der Waals surface area contributed by atoms with Gasteiger partial charge in [0.15, 0.2) is 0 Å². The van der Waals surface area contributed by atoms with Crippen LogP contribution >= 0.6 is 0 Å². The Morgan fingerprint density at radius 1 is 1.04 bits per heavy atom. The number of allylic oxidation sites excluding steroid dienone is 6. The highest BCUT2D eigenvalue weighted by Gasteiger charge is 2.31. The molecule has 2 amide bonds. The Morgan fingerprint density at radius 3 is 2.27 bits per heavy atom. The smallest absolute Gasteiger partial charge is 0.261 e. The molecule has 0 spiro atoms. The second kappa shape index (κ2) is 7.64. The number of rotatable bonds is 2. The topological polar surface area (TPSA) is 37.4 Å². The summed E-state index contributed by atoms with van der Waals surface area (Å²) < 4.78 is 0. The highest BCUT2D eigenvalue weighted by molar-refractivity contribution is 6.25. The van der Waals surface area contributed by atoms with E-state index in [1.165, 1.54) is 4.90 Å². The molecule has 0 unspecified atom stereocenters. The fourth-order valence-corrected chi connectivity index (χ4v) is 2.97. The standard InChI is InChI=1S/C14H11NO2.C9H8/c1-2-15-13(16)10-7-3-5-9-6-4-8-11(12(9)10)14(15)17;1-2-9-7-5-3-4-6-8-9/h3-8H,2H2,1H3;2-3,5-8H,1H2. The lowest BCUT2D eigenvalue weighted by molar-refractivity contribution is 0.0619. The van der Waals surface area contributed by atoms with Gasteiger partial charge in [-0.15, -0.1) is 5.73 Å². The molecular weight excluding hydrogens is 322 g/mol. The normalized spacial score (nSPS) is 14.7. The summed E-state index contributed by atoms with van der Waals surface area (Å²) in [6, 6.07) is 11.1. The van der Waals surface area contributed by atoms with Gasteiger partial charge in [0, 0.05) is 23.1 Å². The van der Waals surface area contributed by atoms with Crippen LogP contribution in [-0.4, -0.2) is 23.3 Å². The maximum absolute atomic E-state index is 12.1. The van der Waals surface area contributed by atoms with Crippen LogP contribution in [0.25, 0.3) is 10.8 Å². The molecule has 2 aromatic rings. The number of carbonyl (C=O) groups is 2. The van der Waals surface area contributed by atoms with E-state index in [1.54, 1.807) is 12.1 Å². The monoisotopic (exact) mass is 341 g/mol. The van der Waals surface area contributed by atoms with Gasteiger partial charge < -0.3 is 0 Å². The van der Waals surface area contributed by atoms with Crippen LogP contribution in [0, 0.1) is 0 Å². The Balaban J connectivity index is 0.000000185. The van der Waals surface area contributed by atoms with Crippen LogP contribution in [0.1, 0.15) is 27.6 Å². The van der Waals surface area contributed by atoms with E-state index in [0.717, 1.165) is 16.3 Å². The third-order valence-electron chi connectivity index (χ3n) is 4.26. The van der Waals surface area contributed by atoms with E-state index in [9.17, 15) is 9.59 Å². The van der Waals surface area contributed by atoms with Crippen molar-refractivity contribution in [3.8, 4) is 0 Å². The van der Waals surface area contributed by atoms with Gasteiger partial charge in [-0.3, -0.25) is 14.5 Å². The van der Waals surface area contributed by atoms with Crippen molar-refractivity contribution in [2.24, 2.45) is 0 Å². The zero-order valence-electron chi connectivity index (χ0n) is 14.6. The maximum Gasteiger partial charge on any atom is 0.261 e. The van der Waals surface area contributed by atoms with Crippen molar-refractivity contribution in [1.29, 1.82) is 0 Å². The van der Waals surface area contributed by atoms with Crippen LogP contribution in [0.5, 0.6) is 0 Å². The second-order valence-electron chi connectivity index (χ2n) is 5.79. The van der Waals surface area contributed by atoms with Crippen molar-refractivity contribution in [2.45, 2.75) is 6.92 Å². The van der Waals surface area contributed by atoms with Crippen LogP contribution in [0.4, 0.5) is 0 Å². The quantitative estimate of drug-likeness (QED) is 0.579.